The Labute approximate surface area is 329 Å². The Kier molecular flexibility index (Phi) is 9.75. The topological polar surface area (TPSA) is 6.48 Å². The molecule has 0 amide bonds. The molecule has 56 heavy (non-hydrogen) atoms. The van der Waals surface area contributed by atoms with Gasteiger partial charge in [-0.05, 0) is 129 Å². The third-order valence-electron chi connectivity index (χ3n) is 10.3. The highest BCUT2D eigenvalue weighted by Crippen LogP contribution is 2.38. The molecule has 0 aliphatic heterocycles. The molecule has 0 fully saturated rings. The fourth-order valence-electron chi connectivity index (χ4n) is 7.42. The Balaban J connectivity index is 0.972. The second-order valence-corrected chi connectivity index (χ2v) is 13.8. The fourth-order valence-corrected chi connectivity index (χ4v) is 7.42. The van der Waals surface area contributed by atoms with Gasteiger partial charge < -0.3 is 9.80 Å². The third kappa shape index (κ3) is 7.37. The van der Waals surface area contributed by atoms with Crippen LogP contribution in [0.5, 0.6) is 0 Å². The Morgan fingerprint density at radius 3 is 0.696 bits per heavy atom. The zero-order valence-electron chi connectivity index (χ0n) is 31.0. The number of rotatable bonds is 10. The summed E-state index contributed by atoms with van der Waals surface area (Å²) in [6.07, 6.45) is 0. The largest absolute Gasteiger partial charge is 0.311 e. The van der Waals surface area contributed by atoms with Crippen LogP contribution in [0.2, 0.25) is 0 Å². The predicted octanol–water partition coefficient (Wildman–Crippen LogP) is 15.3. The molecule has 266 valence electrons. The summed E-state index contributed by atoms with van der Waals surface area (Å²) in [4.78, 5) is 4.61. The second-order valence-electron chi connectivity index (χ2n) is 13.8. The van der Waals surface area contributed by atoms with Gasteiger partial charge >= 0.3 is 0 Å². The first-order chi connectivity index (χ1) is 27.8. The molecule has 0 aliphatic rings. The smallest absolute Gasteiger partial charge is 0.0462 e. The Hall–Kier alpha value is -7.42. The lowest BCUT2D eigenvalue weighted by atomic mass is 9.96. The van der Waals surface area contributed by atoms with Crippen molar-refractivity contribution in [3.8, 4) is 44.5 Å². The molecule has 9 rings (SSSR count). The summed E-state index contributed by atoms with van der Waals surface area (Å²) in [5.74, 6) is 0. The van der Waals surface area contributed by atoms with Crippen LogP contribution >= 0.6 is 0 Å². The van der Waals surface area contributed by atoms with E-state index in [4.69, 9.17) is 0 Å². The standard InChI is InChI=1S/C54H40N2/c1-5-15-41(16-6-1)42-27-33-53(34-28-42)56(51-25-11-4-12-26-51)54-37-31-44(32-38-54)46-18-14-20-48(40-46)47-19-13-17-45(39-47)43-29-35-52(36-30-43)55(49-21-7-2-8-22-49)50-23-9-3-10-24-50/h1-40H. The van der Waals surface area contributed by atoms with E-state index in [9.17, 15) is 0 Å². The summed E-state index contributed by atoms with van der Waals surface area (Å²) in [6, 6.07) is 86.5. The molecular weight excluding hydrogens is 677 g/mol. The van der Waals surface area contributed by atoms with Gasteiger partial charge in [0, 0.05) is 34.1 Å². The van der Waals surface area contributed by atoms with Crippen LogP contribution in [-0.2, 0) is 0 Å². The van der Waals surface area contributed by atoms with E-state index in [0.717, 1.165) is 34.1 Å². The summed E-state index contributed by atoms with van der Waals surface area (Å²) >= 11 is 0. The van der Waals surface area contributed by atoms with Crippen molar-refractivity contribution >= 4 is 34.1 Å². The lowest BCUT2D eigenvalue weighted by molar-refractivity contribution is 1.28. The maximum absolute atomic E-state index is 2.31. The molecular formula is C54H40N2. The second kappa shape index (κ2) is 15.9. The minimum Gasteiger partial charge on any atom is -0.311 e. The van der Waals surface area contributed by atoms with Crippen molar-refractivity contribution in [3.63, 3.8) is 0 Å². The number of nitrogens with zero attached hydrogens (tertiary/aromatic N) is 2. The molecule has 0 saturated heterocycles. The van der Waals surface area contributed by atoms with Crippen molar-refractivity contribution < 1.29 is 0 Å². The first-order valence-electron chi connectivity index (χ1n) is 19.1. The number of para-hydroxylation sites is 3. The van der Waals surface area contributed by atoms with Crippen molar-refractivity contribution in [3.05, 3.63) is 243 Å². The van der Waals surface area contributed by atoms with E-state index in [1.54, 1.807) is 0 Å². The first-order valence-corrected chi connectivity index (χ1v) is 19.1. The van der Waals surface area contributed by atoms with Crippen LogP contribution in [0.1, 0.15) is 0 Å². The van der Waals surface area contributed by atoms with E-state index in [0.29, 0.717) is 0 Å². The number of hydrogen-bond acceptors (Lipinski definition) is 2. The van der Waals surface area contributed by atoms with Gasteiger partial charge in [0.05, 0.1) is 0 Å². The molecule has 2 heteroatoms. The van der Waals surface area contributed by atoms with Crippen LogP contribution in [0, 0.1) is 0 Å². The minimum atomic E-state index is 1.11. The molecule has 0 spiro atoms. The lowest BCUT2D eigenvalue weighted by Crippen LogP contribution is -2.09. The molecule has 9 aromatic carbocycles. The molecule has 2 nitrogen and oxygen atoms in total. The highest BCUT2D eigenvalue weighted by Gasteiger charge is 2.15. The highest BCUT2D eigenvalue weighted by atomic mass is 15.1. The van der Waals surface area contributed by atoms with Gasteiger partial charge in [0.2, 0.25) is 0 Å². The van der Waals surface area contributed by atoms with E-state index < -0.39 is 0 Å². The zero-order chi connectivity index (χ0) is 37.5. The summed E-state index contributed by atoms with van der Waals surface area (Å²) in [6.45, 7) is 0. The molecule has 9 aromatic rings. The molecule has 0 aromatic heterocycles. The molecule has 0 aliphatic carbocycles. The lowest BCUT2D eigenvalue weighted by Gasteiger charge is -2.26. The average Bonchev–Trinajstić information content (AvgIpc) is 3.29. The van der Waals surface area contributed by atoms with Gasteiger partial charge in [-0.2, -0.15) is 0 Å². The van der Waals surface area contributed by atoms with Crippen LogP contribution in [0.4, 0.5) is 34.1 Å². The number of anilines is 6. The fraction of sp³-hybridized carbons (Fsp3) is 0. The van der Waals surface area contributed by atoms with Crippen LogP contribution in [0.3, 0.4) is 0 Å². The molecule has 0 bridgehead atoms. The summed E-state index contributed by atoms with van der Waals surface area (Å²) in [7, 11) is 0. The summed E-state index contributed by atoms with van der Waals surface area (Å²) < 4.78 is 0. The zero-order valence-corrected chi connectivity index (χ0v) is 31.0. The van der Waals surface area contributed by atoms with Gasteiger partial charge in [-0.3, -0.25) is 0 Å². The van der Waals surface area contributed by atoms with Gasteiger partial charge in [0.1, 0.15) is 0 Å². The third-order valence-corrected chi connectivity index (χ3v) is 10.3. The van der Waals surface area contributed by atoms with E-state index in [1.807, 2.05) is 0 Å². The average molecular weight is 717 g/mol. The normalized spacial score (nSPS) is 10.9. The van der Waals surface area contributed by atoms with E-state index >= 15 is 0 Å². The molecule has 0 heterocycles. The highest BCUT2D eigenvalue weighted by molar-refractivity contribution is 5.82. The van der Waals surface area contributed by atoms with Gasteiger partial charge in [-0.25, -0.2) is 0 Å². The SMILES string of the molecule is c1ccc(-c2ccc(N(c3ccccc3)c3ccc(-c4cccc(-c5cccc(-c6ccc(N(c7ccccc7)c7ccccc7)cc6)c5)c4)cc3)cc2)cc1. The van der Waals surface area contributed by atoms with Crippen molar-refractivity contribution in [2.24, 2.45) is 0 Å². The molecule has 0 saturated carbocycles. The van der Waals surface area contributed by atoms with Crippen molar-refractivity contribution in [2.45, 2.75) is 0 Å². The number of hydrogen-bond donors (Lipinski definition) is 0. The van der Waals surface area contributed by atoms with Crippen LogP contribution < -0.4 is 9.80 Å². The van der Waals surface area contributed by atoms with Crippen LogP contribution in [0.25, 0.3) is 44.5 Å². The maximum atomic E-state index is 2.31. The monoisotopic (exact) mass is 716 g/mol. The van der Waals surface area contributed by atoms with E-state index in [1.165, 1.54) is 44.5 Å². The number of benzene rings is 9. The van der Waals surface area contributed by atoms with Crippen molar-refractivity contribution in [1.29, 1.82) is 0 Å². The van der Waals surface area contributed by atoms with Gasteiger partial charge in [0.15, 0.2) is 0 Å². The first kappa shape index (κ1) is 34.4. The summed E-state index contributed by atoms with van der Waals surface area (Å²) in [5.41, 5.74) is 16.3. The van der Waals surface area contributed by atoms with Gasteiger partial charge in [-0.15, -0.1) is 0 Å². The Morgan fingerprint density at radius 1 is 0.161 bits per heavy atom. The minimum absolute atomic E-state index is 1.11. The van der Waals surface area contributed by atoms with Gasteiger partial charge in [0.25, 0.3) is 0 Å². The quantitative estimate of drug-likeness (QED) is 0.139. The van der Waals surface area contributed by atoms with Crippen LogP contribution in [-0.4, -0.2) is 0 Å². The molecule has 0 atom stereocenters. The summed E-state index contributed by atoms with van der Waals surface area (Å²) in [5, 5.41) is 0. The van der Waals surface area contributed by atoms with Crippen molar-refractivity contribution in [2.75, 3.05) is 9.80 Å². The Bertz CT molecular complexity index is 2600. The van der Waals surface area contributed by atoms with E-state index in [-0.39, 0.29) is 0 Å². The Morgan fingerprint density at radius 2 is 0.375 bits per heavy atom. The van der Waals surface area contributed by atoms with Crippen LogP contribution in [0.15, 0.2) is 243 Å². The maximum Gasteiger partial charge on any atom is 0.0462 e. The van der Waals surface area contributed by atoms with E-state index in [2.05, 4.69) is 252 Å². The molecule has 0 radical (unpaired) electrons. The van der Waals surface area contributed by atoms with Crippen molar-refractivity contribution in [1.82, 2.24) is 0 Å². The predicted molar refractivity (Wildman–Crippen MR) is 238 cm³/mol. The van der Waals surface area contributed by atoms with Gasteiger partial charge in [-0.1, -0.05) is 158 Å². The molecule has 0 unspecified atom stereocenters. The molecule has 0 N–H and O–H groups in total.